The van der Waals surface area contributed by atoms with Crippen LogP contribution < -0.4 is 5.32 Å². The molecular weight excluding hydrogens is 513 g/mol. The number of nitrogens with one attached hydrogen (secondary N) is 1. The Morgan fingerprint density at radius 2 is 1.97 bits per heavy atom. The molecule has 0 fully saturated rings. The summed E-state index contributed by atoms with van der Waals surface area (Å²) in [4.78, 5) is 28.1. The molecular formula is C26H34N4O3S3. The number of aryl methyl sites for hydroxylation is 1. The molecule has 0 radical (unpaired) electrons. The van der Waals surface area contributed by atoms with Crippen LogP contribution >= 0.6 is 34.4 Å². The molecule has 0 saturated heterocycles. The molecule has 1 amide bonds. The van der Waals surface area contributed by atoms with Gasteiger partial charge in [0.05, 0.1) is 18.4 Å². The maximum Gasteiger partial charge on any atom is 0.341 e. The van der Waals surface area contributed by atoms with Crippen molar-refractivity contribution in [2.75, 3.05) is 18.2 Å². The van der Waals surface area contributed by atoms with Crippen molar-refractivity contribution in [3.63, 3.8) is 0 Å². The van der Waals surface area contributed by atoms with E-state index in [0.717, 1.165) is 60.8 Å². The highest BCUT2D eigenvalue weighted by atomic mass is 32.2. The summed E-state index contributed by atoms with van der Waals surface area (Å²) < 4.78 is 7.18. The second kappa shape index (κ2) is 12.4. The first-order chi connectivity index (χ1) is 17.4. The number of hydrogen-bond acceptors (Lipinski definition) is 8. The van der Waals surface area contributed by atoms with Gasteiger partial charge in [-0.2, -0.15) is 0 Å². The summed E-state index contributed by atoms with van der Waals surface area (Å²) in [6.45, 7) is 7.27. The summed E-state index contributed by atoms with van der Waals surface area (Å²) in [5.41, 5.74) is 2.66. The number of esters is 1. The molecule has 36 heavy (non-hydrogen) atoms. The van der Waals surface area contributed by atoms with Crippen molar-refractivity contribution in [1.82, 2.24) is 14.8 Å². The lowest BCUT2D eigenvalue weighted by molar-refractivity contribution is -0.113. The van der Waals surface area contributed by atoms with Crippen molar-refractivity contribution >= 4 is 51.3 Å². The summed E-state index contributed by atoms with van der Waals surface area (Å²) in [5, 5.41) is 15.3. The third kappa shape index (κ3) is 6.03. The number of carbonyl (C=O) groups is 2. The Balaban J connectivity index is 1.50. The Morgan fingerprint density at radius 3 is 2.67 bits per heavy atom. The lowest BCUT2D eigenvalue weighted by atomic mass is 9.96. The van der Waals surface area contributed by atoms with Gasteiger partial charge in [-0.3, -0.25) is 4.79 Å². The molecule has 0 saturated carbocycles. The second-order valence-electron chi connectivity index (χ2n) is 9.30. The zero-order chi connectivity index (χ0) is 25.7. The maximum absolute atomic E-state index is 13.0. The van der Waals surface area contributed by atoms with E-state index >= 15 is 0 Å². The average Bonchev–Trinajstić information content (AvgIpc) is 3.55. The fourth-order valence-corrected chi connectivity index (χ4v) is 7.39. The van der Waals surface area contributed by atoms with Gasteiger partial charge in [-0.25, -0.2) is 4.79 Å². The zero-order valence-electron chi connectivity index (χ0n) is 21.4. The van der Waals surface area contributed by atoms with Gasteiger partial charge in [-0.1, -0.05) is 45.4 Å². The van der Waals surface area contributed by atoms with Crippen molar-refractivity contribution in [3.05, 3.63) is 32.3 Å². The number of thioether (sulfide) groups is 1. The third-order valence-corrected chi connectivity index (χ3v) is 9.66. The molecule has 3 aromatic rings. The molecule has 194 valence electrons. The van der Waals surface area contributed by atoms with Crippen LogP contribution in [-0.4, -0.2) is 39.5 Å². The monoisotopic (exact) mass is 546 g/mol. The van der Waals surface area contributed by atoms with E-state index in [4.69, 9.17) is 4.74 Å². The molecule has 3 aromatic heterocycles. The van der Waals surface area contributed by atoms with E-state index in [1.807, 2.05) is 0 Å². The summed E-state index contributed by atoms with van der Waals surface area (Å²) in [7, 11) is 1.40. The molecule has 0 unspecified atom stereocenters. The first kappa shape index (κ1) is 26.9. The van der Waals surface area contributed by atoms with Gasteiger partial charge in [0.25, 0.3) is 0 Å². The van der Waals surface area contributed by atoms with Crippen LogP contribution in [0.5, 0.6) is 0 Å². The molecule has 4 rings (SSSR count). The summed E-state index contributed by atoms with van der Waals surface area (Å²) in [6.07, 6.45) is 7.26. The molecule has 3 heterocycles. The number of carbonyl (C=O) groups excluding carboxylic acids is 2. The molecule has 0 bridgehead atoms. The highest BCUT2D eigenvalue weighted by molar-refractivity contribution is 7.99. The van der Waals surface area contributed by atoms with E-state index in [9.17, 15) is 9.59 Å². The van der Waals surface area contributed by atoms with Crippen LogP contribution in [0.15, 0.2) is 16.6 Å². The Bertz CT molecular complexity index is 1210. The molecule has 0 atom stereocenters. The summed E-state index contributed by atoms with van der Waals surface area (Å²) >= 11 is 4.63. The normalized spacial score (nSPS) is 13.8. The van der Waals surface area contributed by atoms with Crippen LogP contribution in [0, 0.1) is 0 Å². The van der Waals surface area contributed by atoms with Crippen LogP contribution in [0.25, 0.3) is 11.4 Å². The van der Waals surface area contributed by atoms with E-state index in [1.165, 1.54) is 52.8 Å². The van der Waals surface area contributed by atoms with Gasteiger partial charge < -0.3 is 14.6 Å². The minimum atomic E-state index is -0.375. The number of amides is 1. The second-order valence-corrected chi connectivity index (χ2v) is 12.3. The number of fused-ring (bicyclic) bond motifs is 1. The van der Waals surface area contributed by atoms with Crippen molar-refractivity contribution in [1.29, 1.82) is 0 Å². The lowest BCUT2D eigenvalue weighted by Crippen LogP contribution is -2.17. The summed E-state index contributed by atoms with van der Waals surface area (Å²) in [5.74, 6) is 0.958. The number of methoxy groups -OCH3 is 1. The lowest BCUT2D eigenvalue weighted by Gasteiger charge is -2.11. The smallest absolute Gasteiger partial charge is 0.341 e. The summed E-state index contributed by atoms with van der Waals surface area (Å²) in [6, 6.07) is 2.18. The fraction of sp³-hybridized carbons (Fsp3) is 0.538. The minimum absolute atomic E-state index is 0.162. The van der Waals surface area contributed by atoms with Crippen LogP contribution in [-0.2, 0) is 28.9 Å². The van der Waals surface area contributed by atoms with Crippen molar-refractivity contribution < 1.29 is 14.3 Å². The van der Waals surface area contributed by atoms with Crippen LogP contribution in [0.1, 0.15) is 84.5 Å². The average molecular weight is 547 g/mol. The van der Waals surface area contributed by atoms with Gasteiger partial charge in [0.1, 0.15) is 5.00 Å². The Kier molecular flexibility index (Phi) is 9.25. The van der Waals surface area contributed by atoms with Gasteiger partial charge in [-0.15, -0.1) is 32.9 Å². The maximum atomic E-state index is 13.0. The topological polar surface area (TPSA) is 86.1 Å². The predicted octanol–water partition coefficient (Wildman–Crippen LogP) is 6.78. The molecule has 7 nitrogen and oxygen atoms in total. The van der Waals surface area contributed by atoms with Crippen LogP contribution in [0.2, 0.25) is 0 Å². The molecule has 0 spiro atoms. The van der Waals surface area contributed by atoms with Crippen molar-refractivity contribution in [3.8, 4) is 11.4 Å². The highest BCUT2D eigenvalue weighted by Crippen LogP contribution is 2.38. The quantitative estimate of drug-likeness (QED) is 0.235. The highest BCUT2D eigenvalue weighted by Gasteiger charge is 2.26. The van der Waals surface area contributed by atoms with E-state index in [1.54, 1.807) is 11.3 Å². The number of nitrogens with zero attached hydrogens (tertiary/aromatic N) is 3. The molecule has 0 aromatic carbocycles. The largest absolute Gasteiger partial charge is 0.465 e. The Morgan fingerprint density at radius 1 is 1.19 bits per heavy atom. The van der Waals surface area contributed by atoms with E-state index in [0.29, 0.717) is 16.5 Å². The number of thiophene rings is 2. The number of ether oxygens (including phenoxy) is 1. The number of aromatic nitrogens is 3. The molecule has 10 heteroatoms. The minimum Gasteiger partial charge on any atom is -0.465 e. The SMILES string of the molecule is CCCn1c(SCC(=O)Nc2sc3c(c2C(=O)OC)CCCCCC3)nnc1-c1csc(C(C)C)c1. The van der Waals surface area contributed by atoms with Gasteiger partial charge in [0.2, 0.25) is 5.91 Å². The van der Waals surface area contributed by atoms with Crippen LogP contribution in [0.3, 0.4) is 0 Å². The Labute approximate surface area is 225 Å². The van der Waals surface area contributed by atoms with Crippen LogP contribution in [0.4, 0.5) is 5.00 Å². The molecule has 1 aliphatic carbocycles. The third-order valence-electron chi connectivity index (χ3n) is 6.26. The van der Waals surface area contributed by atoms with Crippen molar-refractivity contribution in [2.24, 2.45) is 0 Å². The van der Waals surface area contributed by atoms with Gasteiger partial charge >= 0.3 is 5.97 Å². The molecule has 1 aliphatic rings. The van der Waals surface area contributed by atoms with Gasteiger partial charge in [-0.05, 0) is 49.7 Å². The van der Waals surface area contributed by atoms with E-state index < -0.39 is 0 Å². The Hall–Kier alpha value is -2.17. The first-order valence-electron chi connectivity index (χ1n) is 12.6. The van der Waals surface area contributed by atoms with Crippen molar-refractivity contribution in [2.45, 2.75) is 83.3 Å². The van der Waals surface area contributed by atoms with E-state index in [-0.39, 0.29) is 17.6 Å². The van der Waals surface area contributed by atoms with Gasteiger partial charge in [0, 0.05) is 27.2 Å². The van der Waals surface area contributed by atoms with Gasteiger partial charge in [0.15, 0.2) is 11.0 Å². The molecule has 0 aliphatic heterocycles. The first-order valence-corrected chi connectivity index (χ1v) is 15.3. The fourth-order valence-electron chi connectivity index (χ4n) is 4.43. The number of hydrogen-bond donors (Lipinski definition) is 1. The van der Waals surface area contributed by atoms with E-state index in [2.05, 4.69) is 52.3 Å². The predicted molar refractivity (Wildman–Crippen MR) is 149 cm³/mol. The number of rotatable bonds is 9. The molecule has 1 N–H and O–H groups in total. The zero-order valence-corrected chi connectivity index (χ0v) is 23.8. The number of anilines is 1. The standard InChI is InChI=1S/C26H34N4O3S3/c1-5-12-30-23(17-13-20(16(2)3)34-14-17)28-29-26(30)35-15-21(31)27-24-22(25(32)33-4)18-10-8-6-7-9-11-19(18)36-24/h13-14,16H,5-12,15H2,1-4H3,(H,27,31).